The number of halogens is 1. The number of pyridine rings is 1. The Bertz CT molecular complexity index is 851. The van der Waals surface area contributed by atoms with Crippen molar-refractivity contribution in [3.8, 4) is 11.3 Å². The van der Waals surface area contributed by atoms with Gasteiger partial charge in [0, 0.05) is 24.3 Å². The maximum atomic E-state index is 11.6. The SMILES string of the molecule is Nc1nc(-c2ccc(N3CCOCC3)cc2)c(Cl)cc1NC(=O)CC(=O)O. The number of aliphatic carboxylic acids is 1. The van der Waals surface area contributed by atoms with E-state index in [1.165, 1.54) is 6.07 Å². The quantitative estimate of drug-likeness (QED) is 0.670. The van der Waals surface area contributed by atoms with E-state index in [-0.39, 0.29) is 11.5 Å². The second-order valence-corrected chi connectivity index (χ2v) is 6.42. The van der Waals surface area contributed by atoms with Gasteiger partial charge in [-0.2, -0.15) is 0 Å². The van der Waals surface area contributed by atoms with Crippen LogP contribution in [0.5, 0.6) is 0 Å². The number of nitrogens with zero attached hydrogens (tertiary/aromatic N) is 2. The summed E-state index contributed by atoms with van der Waals surface area (Å²) in [6.45, 7) is 3.10. The molecule has 9 heteroatoms. The molecule has 0 bridgehead atoms. The Hall–Kier alpha value is -2.84. The van der Waals surface area contributed by atoms with Gasteiger partial charge >= 0.3 is 5.97 Å². The lowest BCUT2D eigenvalue weighted by Gasteiger charge is -2.28. The highest BCUT2D eigenvalue weighted by Gasteiger charge is 2.15. The first-order chi connectivity index (χ1) is 12.9. The lowest BCUT2D eigenvalue weighted by Crippen LogP contribution is -2.36. The summed E-state index contributed by atoms with van der Waals surface area (Å²) < 4.78 is 5.36. The van der Waals surface area contributed by atoms with Gasteiger partial charge in [0.1, 0.15) is 12.2 Å². The Balaban J connectivity index is 1.79. The van der Waals surface area contributed by atoms with Crippen LogP contribution in [0.15, 0.2) is 30.3 Å². The topological polar surface area (TPSA) is 118 Å². The Morgan fingerprint density at radius 3 is 2.56 bits per heavy atom. The van der Waals surface area contributed by atoms with Crippen LogP contribution in [0.4, 0.5) is 17.2 Å². The summed E-state index contributed by atoms with van der Waals surface area (Å²) in [5.74, 6) is -1.87. The molecule has 4 N–H and O–H groups in total. The van der Waals surface area contributed by atoms with Crippen molar-refractivity contribution in [2.75, 3.05) is 42.3 Å². The Morgan fingerprint density at radius 2 is 1.93 bits per heavy atom. The van der Waals surface area contributed by atoms with Gasteiger partial charge in [-0.05, 0) is 18.2 Å². The molecule has 1 aromatic heterocycles. The summed E-state index contributed by atoms with van der Waals surface area (Å²) in [5.41, 5.74) is 8.44. The molecule has 1 fully saturated rings. The first-order valence-electron chi connectivity index (χ1n) is 8.35. The van der Waals surface area contributed by atoms with Crippen LogP contribution in [-0.2, 0) is 14.3 Å². The number of morpholine rings is 1. The number of nitrogen functional groups attached to an aromatic ring is 1. The number of carboxylic acids is 1. The van der Waals surface area contributed by atoms with Crippen LogP contribution in [0, 0.1) is 0 Å². The normalized spacial score (nSPS) is 14.0. The number of carboxylic acid groups (broad SMARTS) is 1. The van der Waals surface area contributed by atoms with Gasteiger partial charge in [-0.25, -0.2) is 4.98 Å². The predicted molar refractivity (Wildman–Crippen MR) is 103 cm³/mol. The van der Waals surface area contributed by atoms with Gasteiger partial charge in [0.2, 0.25) is 5.91 Å². The van der Waals surface area contributed by atoms with E-state index in [0.29, 0.717) is 23.9 Å². The van der Waals surface area contributed by atoms with E-state index >= 15 is 0 Å². The number of hydrogen-bond acceptors (Lipinski definition) is 6. The van der Waals surface area contributed by atoms with Crippen LogP contribution in [0.1, 0.15) is 6.42 Å². The molecule has 0 aliphatic carbocycles. The molecule has 8 nitrogen and oxygen atoms in total. The second kappa shape index (κ2) is 8.24. The number of ether oxygens (including phenoxy) is 1. The molecule has 1 aromatic carbocycles. The maximum Gasteiger partial charge on any atom is 0.312 e. The number of carbonyl (C=O) groups excluding carboxylic acids is 1. The molecule has 3 rings (SSSR count). The molecule has 142 valence electrons. The molecule has 2 aromatic rings. The number of carbonyl (C=O) groups is 2. The fraction of sp³-hybridized carbons (Fsp3) is 0.278. The van der Waals surface area contributed by atoms with E-state index in [9.17, 15) is 9.59 Å². The molecule has 1 aliphatic rings. The molecule has 0 spiro atoms. The molecule has 0 unspecified atom stereocenters. The van der Waals surface area contributed by atoms with Crippen molar-refractivity contribution in [3.05, 3.63) is 35.4 Å². The van der Waals surface area contributed by atoms with Gasteiger partial charge in [0.25, 0.3) is 0 Å². The summed E-state index contributed by atoms with van der Waals surface area (Å²) >= 11 is 6.30. The molecular weight excluding hydrogens is 372 g/mol. The monoisotopic (exact) mass is 390 g/mol. The zero-order valence-corrected chi connectivity index (χ0v) is 15.2. The van der Waals surface area contributed by atoms with Crippen molar-refractivity contribution < 1.29 is 19.4 Å². The zero-order valence-electron chi connectivity index (χ0n) is 14.4. The number of nitrogens with one attached hydrogen (secondary N) is 1. The first kappa shape index (κ1) is 18.9. The molecule has 1 aliphatic heterocycles. The van der Waals surface area contributed by atoms with E-state index in [1.54, 1.807) is 0 Å². The fourth-order valence-electron chi connectivity index (χ4n) is 2.79. The number of benzene rings is 1. The van der Waals surface area contributed by atoms with Gasteiger partial charge in [0.15, 0.2) is 0 Å². The van der Waals surface area contributed by atoms with Crippen LogP contribution in [-0.4, -0.2) is 48.3 Å². The molecule has 1 saturated heterocycles. The highest BCUT2D eigenvalue weighted by Crippen LogP contribution is 2.32. The van der Waals surface area contributed by atoms with Crippen molar-refractivity contribution in [2.45, 2.75) is 6.42 Å². The van der Waals surface area contributed by atoms with E-state index in [1.807, 2.05) is 24.3 Å². The lowest BCUT2D eigenvalue weighted by molar-refractivity contribution is -0.139. The second-order valence-electron chi connectivity index (χ2n) is 6.02. The van der Waals surface area contributed by atoms with Crippen LogP contribution >= 0.6 is 11.6 Å². The minimum atomic E-state index is -1.23. The lowest BCUT2D eigenvalue weighted by atomic mass is 10.1. The molecular formula is C18H19ClN4O4. The van der Waals surface area contributed by atoms with E-state index < -0.39 is 18.3 Å². The maximum absolute atomic E-state index is 11.6. The highest BCUT2D eigenvalue weighted by atomic mass is 35.5. The van der Waals surface area contributed by atoms with Gasteiger partial charge in [-0.1, -0.05) is 23.7 Å². The van der Waals surface area contributed by atoms with Gasteiger partial charge in [-0.3, -0.25) is 9.59 Å². The van der Waals surface area contributed by atoms with Crippen LogP contribution in [0.25, 0.3) is 11.3 Å². The molecule has 0 radical (unpaired) electrons. The summed E-state index contributed by atoms with van der Waals surface area (Å²) in [4.78, 5) is 28.7. The third kappa shape index (κ3) is 4.66. The van der Waals surface area contributed by atoms with E-state index in [0.717, 1.165) is 24.3 Å². The number of aromatic nitrogens is 1. The standard InChI is InChI=1S/C18H19ClN4O4/c19-13-9-14(21-15(24)10-16(25)26)18(20)22-17(13)11-1-3-12(4-2-11)23-5-7-27-8-6-23/h1-4,9H,5-8,10H2,(H2,20,22)(H,21,24)(H,25,26). The van der Waals surface area contributed by atoms with E-state index in [2.05, 4.69) is 15.2 Å². The summed E-state index contributed by atoms with van der Waals surface area (Å²) in [6, 6.07) is 9.24. The smallest absolute Gasteiger partial charge is 0.312 e. The number of rotatable bonds is 5. The zero-order chi connectivity index (χ0) is 19.4. The van der Waals surface area contributed by atoms with E-state index in [4.69, 9.17) is 27.2 Å². The van der Waals surface area contributed by atoms with Crippen molar-refractivity contribution in [1.82, 2.24) is 4.98 Å². The largest absolute Gasteiger partial charge is 0.481 e. The summed E-state index contributed by atoms with van der Waals surface area (Å²) in [5, 5.41) is 11.4. The Labute approximate surface area is 160 Å². The summed E-state index contributed by atoms with van der Waals surface area (Å²) in [6.07, 6.45) is -0.665. The van der Waals surface area contributed by atoms with Crippen LogP contribution < -0.4 is 16.0 Å². The third-order valence-corrected chi connectivity index (χ3v) is 4.40. The highest BCUT2D eigenvalue weighted by molar-refractivity contribution is 6.33. The molecule has 1 amide bonds. The molecule has 27 heavy (non-hydrogen) atoms. The molecule has 0 atom stereocenters. The first-order valence-corrected chi connectivity index (χ1v) is 8.72. The molecule has 2 heterocycles. The van der Waals surface area contributed by atoms with Gasteiger partial charge in [0.05, 0.1) is 29.6 Å². The third-order valence-electron chi connectivity index (χ3n) is 4.11. The average molecular weight is 391 g/mol. The van der Waals surface area contributed by atoms with Crippen LogP contribution in [0.3, 0.4) is 0 Å². The predicted octanol–water partition coefficient (Wildman–Crippen LogP) is 2.23. The summed E-state index contributed by atoms with van der Waals surface area (Å²) in [7, 11) is 0. The number of hydrogen-bond donors (Lipinski definition) is 3. The van der Waals surface area contributed by atoms with Crippen molar-refractivity contribution >= 4 is 40.7 Å². The fourth-order valence-corrected chi connectivity index (χ4v) is 3.05. The molecule has 0 saturated carbocycles. The minimum absolute atomic E-state index is 0.0606. The Morgan fingerprint density at radius 1 is 1.26 bits per heavy atom. The average Bonchev–Trinajstić information content (AvgIpc) is 2.65. The number of anilines is 3. The van der Waals surface area contributed by atoms with Gasteiger partial charge < -0.3 is 25.8 Å². The van der Waals surface area contributed by atoms with Gasteiger partial charge in [-0.15, -0.1) is 0 Å². The number of amides is 1. The van der Waals surface area contributed by atoms with Crippen LogP contribution in [0.2, 0.25) is 5.02 Å². The van der Waals surface area contributed by atoms with Crippen molar-refractivity contribution in [3.63, 3.8) is 0 Å². The minimum Gasteiger partial charge on any atom is -0.481 e. The van der Waals surface area contributed by atoms with Crippen molar-refractivity contribution in [1.29, 1.82) is 0 Å². The Kier molecular flexibility index (Phi) is 5.78. The van der Waals surface area contributed by atoms with Crippen molar-refractivity contribution in [2.24, 2.45) is 0 Å². The number of nitrogens with two attached hydrogens (primary N) is 1.